The highest BCUT2D eigenvalue weighted by molar-refractivity contribution is 6.30. The molecule has 3 aromatic rings. The highest BCUT2D eigenvalue weighted by Gasteiger charge is 2.43. The first-order valence-electron chi connectivity index (χ1n) is 10.6. The van der Waals surface area contributed by atoms with E-state index < -0.39 is 11.9 Å². The monoisotopic (exact) mass is 462 g/mol. The molecule has 1 aliphatic carbocycles. The summed E-state index contributed by atoms with van der Waals surface area (Å²) in [6, 6.07) is 11.7. The molecule has 1 N–H and O–H groups in total. The molecule has 2 fully saturated rings. The molecule has 1 saturated heterocycles. The predicted octanol–water partition coefficient (Wildman–Crippen LogP) is 5.41. The Hall–Kier alpha value is -2.58. The topological polar surface area (TPSA) is 54.2 Å². The Kier molecular flexibility index (Phi) is 5.59. The number of rotatable bonds is 5. The van der Waals surface area contributed by atoms with Crippen molar-refractivity contribution in [2.45, 2.75) is 31.6 Å². The van der Waals surface area contributed by atoms with E-state index in [0.717, 1.165) is 36.7 Å². The smallest absolute Gasteiger partial charge is 0.433 e. The number of benzene rings is 1. The number of anilines is 1. The van der Waals surface area contributed by atoms with Crippen LogP contribution in [-0.2, 0) is 12.7 Å². The molecule has 5 nitrogen and oxygen atoms in total. The number of oxazole rings is 1. The number of fused-ring (bicyclic) bond motifs is 1. The third-order valence-electron chi connectivity index (χ3n) is 6.39. The van der Waals surface area contributed by atoms with Crippen LogP contribution in [0, 0.1) is 11.8 Å². The van der Waals surface area contributed by atoms with Crippen LogP contribution in [0.1, 0.15) is 24.2 Å². The van der Waals surface area contributed by atoms with Crippen molar-refractivity contribution in [3.05, 3.63) is 65.1 Å². The van der Waals surface area contributed by atoms with Crippen molar-refractivity contribution in [1.82, 2.24) is 15.3 Å². The van der Waals surface area contributed by atoms with Gasteiger partial charge >= 0.3 is 6.18 Å². The maximum atomic E-state index is 13.0. The summed E-state index contributed by atoms with van der Waals surface area (Å²) in [6.45, 7) is 2.01. The van der Waals surface area contributed by atoms with E-state index in [1.807, 2.05) is 17.0 Å². The zero-order valence-electron chi connectivity index (χ0n) is 17.1. The maximum Gasteiger partial charge on any atom is 0.433 e. The number of nitrogens with zero attached hydrogens (tertiary/aromatic N) is 3. The number of halogens is 4. The summed E-state index contributed by atoms with van der Waals surface area (Å²) < 4.78 is 44.7. The Balaban J connectivity index is 1.21. The van der Waals surface area contributed by atoms with E-state index in [-0.39, 0.29) is 6.04 Å². The minimum atomic E-state index is -4.43. The first-order chi connectivity index (χ1) is 15.4. The van der Waals surface area contributed by atoms with E-state index in [4.69, 9.17) is 16.0 Å². The normalized spacial score (nSPS) is 23.0. The van der Waals surface area contributed by atoms with Gasteiger partial charge < -0.3 is 14.6 Å². The molecule has 1 aliphatic heterocycles. The zero-order valence-corrected chi connectivity index (χ0v) is 17.9. The van der Waals surface area contributed by atoms with Gasteiger partial charge in [-0.3, -0.25) is 0 Å². The molecule has 0 unspecified atom stereocenters. The molecule has 168 valence electrons. The summed E-state index contributed by atoms with van der Waals surface area (Å²) >= 11 is 5.93. The molecule has 1 saturated carbocycles. The first-order valence-corrected chi connectivity index (χ1v) is 11.0. The van der Waals surface area contributed by atoms with Gasteiger partial charge in [-0.15, -0.1) is 0 Å². The average Bonchev–Trinajstić information content (AvgIpc) is 3.49. The van der Waals surface area contributed by atoms with Gasteiger partial charge in [0, 0.05) is 36.3 Å². The van der Waals surface area contributed by atoms with Crippen LogP contribution in [0.15, 0.2) is 53.1 Å². The zero-order chi connectivity index (χ0) is 22.3. The first kappa shape index (κ1) is 21.3. The third kappa shape index (κ3) is 4.34. The van der Waals surface area contributed by atoms with Crippen LogP contribution >= 0.6 is 11.6 Å². The van der Waals surface area contributed by atoms with Crippen molar-refractivity contribution >= 4 is 17.4 Å². The summed E-state index contributed by atoms with van der Waals surface area (Å²) in [4.78, 5) is 10.4. The van der Waals surface area contributed by atoms with E-state index in [0.29, 0.717) is 41.7 Å². The fourth-order valence-electron chi connectivity index (χ4n) is 4.81. The van der Waals surface area contributed by atoms with Crippen LogP contribution in [0.25, 0.3) is 11.5 Å². The van der Waals surface area contributed by atoms with Gasteiger partial charge in [-0.1, -0.05) is 17.7 Å². The minimum absolute atomic E-state index is 0.284. The number of aromatic nitrogens is 2. The van der Waals surface area contributed by atoms with Crippen LogP contribution in [0.4, 0.5) is 19.0 Å². The molecule has 0 amide bonds. The van der Waals surface area contributed by atoms with Crippen LogP contribution in [0.5, 0.6) is 0 Å². The molecule has 0 spiro atoms. The number of nitrogens with one attached hydrogen (secondary N) is 1. The molecular weight excluding hydrogens is 441 g/mol. The van der Waals surface area contributed by atoms with E-state index in [9.17, 15) is 13.2 Å². The molecule has 3 atom stereocenters. The van der Waals surface area contributed by atoms with Gasteiger partial charge in [-0.2, -0.15) is 13.2 Å². The van der Waals surface area contributed by atoms with Crippen LogP contribution < -0.4 is 10.2 Å². The van der Waals surface area contributed by atoms with Crippen LogP contribution in [0.3, 0.4) is 0 Å². The second-order valence-corrected chi connectivity index (χ2v) is 8.86. The highest BCUT2D eigenvalue weighted by Crippen LogP contribution is 2.40. The van der Waals surface area contributed by atoms with Gasteiger partial charge in [-0.05, 0) is 61.1 Å². The standard InChI is InChI=1S/C23H22ClF3N4O/c24-16-7-4-14(5-8-16)22-29-17(13-32-22)10-28-19-9-6-15-11-31(12-18(15)19)21-3-1-2-20(30-21)23(25,26)27/h1-5,7-8,13,15,18-19,28H,6,9-12H2/t15-,18+,19+/m1/s1. The lowest BCUT2D eigenvalue weighted by Crippen LogP contribution is -2.35. The Labute approximate surface area is 188 Å². The van der Waals surface area contributed by atoms with Gasteiger partial charge in [0.15, 0.2) is 0 Å². The highest BCUT2D eigenvalue weighted by atomic mass is 35.5. The van der Waals surface area contributed by atoms with Crippen LogP contribution in [0.2, 0.25) is 5.02 Å². The van der Waals surface area contributed by atoms with E-state index in [1.165, 1.54) is 6.07 Å². The van der Waals surface area contributed by atoms with E-state index in [1.54, 1.807) is 24.5 Å². The largest absolute Gasteiger partial charge is 0.444 e. The summed E-state index contributed by atoms with van der Waals surface area (Å²) in [6.07, 6.45) is -0.692. The molecule has 0 bridgehead atoms. The van der Waals surface area contributed by atoms with Gasteiger partial charge in [0.05, 0.1) is 5.69 Å². The predicted molar refractivity (Wildman–Crippen MR) is 115 cm³/mol. The Bertz CT molecular complexity index is 1090. The molecule has 2 aromatic heterocycles. The molecule has 3 heterocycles. The molecule has 32 heavy (non-hydrogen) atoms. The Morgan fingerprint density at radius 2 is 1.88 bits per heavy atom. The lowest BCUT2D eigenvalue weighted by molar-refractivity contribution is -0.141. The third-order valence-corrected chi connectivity index (χ3v) is 6.65. The quantitative estimate of drug-likeness (QED) is 0.549. The number of hydrogen-bond acceptors (Lipinski definition) is 5. The molecule has 5 rings (SSSR count). The van der Waals surface area contributed by atoms with Crippen molar-refractivity contribution in [3.8, 4) is 11.5 Å². The SMILES string of the molecule is FC(F)(F)c1cccc(N2C[C@H]3CC[C@H](NCc4coc(-c5ccc(Cl)cc5)n4)[C@H]3C2)n1. The second-order valence-electron chi connectivity index (χ2n) is 8.42. The summed E-state index contributed by atoms with van der Waals surface area (Å²) in [5.74, 6) is 1.77. The number of hydrogen-bond donors (Lipinski definition) is 1. The Morgan fingerprint density at radius 1 is 1.06 bits per heavy atom. The van der Waals surface area contributed by atoms with Crippen LogP contribution in [-0.4, -0.2) is 29.1 Å². The van der Waals surface area contributed by atoms with Crippen molar-refractivity contribution in [2.24, 2.45) is 11.8 Å². The number of pyridine rings is 1. The summed E-state index contributed by atoms with van der Waals surface area (Å²) in [7, 11) is 0. The lowest BCUT2D eigenvalue weighted by Gasteiger charge is -2.22. The van der Waals surface area contributed by atoms with Crippen molar-refractivity contribution < 1.29 is 17.6 Å². The number of alkyl halides is 3. The van der Waals surface area contributed by atoms with Crippen molar-refractivity contribution in [3.63, 3.8) is 0 Å². The minimum Gasteiger partial charge on any atom is -0.444 e. The van der Waals surface area contributed by atoms with E-state index >= 15 is 0 Å². The molecular formula is C23H22ClF3N4O. The molecule has 1 aromatic carbocycles. The van der Waals surface area contributed by atoms with Gasteiger partial charge in [0.1, 0.15) is 17.8 Å². The molecule has 2 aliphatic rings. The molecule has 9 heteroatoms. The van der Waals surface area contributed by atoms with Gasteiger partial charge in [0.2, 0.25) is 5.89 Å². The lowest BCUT2D eigenvalue weighted by atomic mass is 9.98. The average molecular weight is 463 g/mol. The van der Waals surface area contributed by atoms with Gasteiger partial charge in [0.25, 0.3) is 0 Å². The summed E-state index contributed by atoms with van der Waals surface area (Å²) in [5, 5.41) is 4.24. The summed E-state index contributed by atoms with van der Waals surface area (Å²) in [5.41, 5.74) is 0.832. The Morgan fingerprint density at radius 3 is 2.66 bits per heavy atom. The van der Waals surface area contributed by atoms with Crippen molar-refractivity contribution in [1.29, 1.82) is 0 Å². The van der Waals surface area contributed by atoms with Gasteiger partial charge in [-0.25, -0.2) is 9.97 Å². The van der Waals surface area contributed by atoms with E-state index in [2.05, 4.69) is 15.3 Å². The maximum absolute atomic E-state index is 13.0. The fraction of sp³-hybridized carbons (Fsp3) is 0.391. The van der Waals surface area contributed by atoms with Crippen molar-refractivity contribution in [2.75, 3.05) is 18.0 Å². The fourth-order valence-corrected chi connectivity index (χ4v) is 4.94. The second kappa shape index (κ2) is 8.41. The molecule has 0 radical (unpaired) electrons.